The van der Waals surface area contributed by atoms with Crippen molar-refractivity contribution in [2.45, 2.75) is 78.1 Å². The molecule has 0 amide bonds. The molecule has 0 N–H and O–H groups in total. The van der Waals surface area contributed by atoms with Crippen LogP contribution in [0.1, 0.15) is 110 Å². The van der Waals surface area contributed by atoms with Crippen LogP contribution in [0.3, 0.4) is 0 Å². The van der Waals surface area contributed by atoms with Crippen molar-refractivity contribution in [3.63, 3.8) is 0 Å². The highest BCUT2D eigenvalue weighted by Gasteiger charge is 2.14. The summed E-state index contributed by atoms with van der Waals surface area (Å²) < 4.78 is 59.5. The Morgan fingerprint density at radius 1 is 0.364 bits per heavy atom. The van der Waals surface area contributed by atoms with E-state index < -0.39 is 11.9 Å². The monoisotopic (exact) mass is 1190 g/mol. The summed E-state index contributed by atoms with van der Waals surface area (Å²) >= 11 is 0. The zero-order valence-corrected chi connectivity index (χ0v) is 50.4. The van der Waals surface area contributed by atoms with E-state index in [1.165, 1.54) is 51.4 Å². The van der Waals surface area contributed by atoms with E-state index in [-0.39, 0.29) is 39.6 Å². The maximum Gasteiger partial charge on any atom is 0.343 e. The van der Waals surface area contributed by atoms with Crippen LogP contribution in [0.15, 0.2) is 192 Å². The Morgan fingerprint density at radius 2 is 0.693 bits per heavy atom. The number of aliphatic imine (C=N–C) groups is 2. The van der Waals surface area contributed by atoms with Crippen LogP contribution in [-0.2, 0) is 9.47 Å². The molecule has 14 heteroatoms. The van der Waals surface area contributed by atoms with E-state index in [0.717, 1.165) is 70.9 Å². The second-order valence-corrected chi connectivity index (χ2v) is 21.0. The molecule has 0 spiro atoms. The van der Waals surface area contributed by atoms with Gasteiger partial charge >= 0.3 is 11.9 Å². The fraction of sp³-hybridized carbons (Fsp3) is 0.297. The molecule has 0 bridgehead atoms. The molecule has 0 aliphatic carbocycles. The van der Waals surface area contributed by atoms with E-state index in [1.807, 2.05) is 133 Å². The van der Waals surface area contributed by atoms with Gasteiger partial charge < -0.3 is 47.4 Å². The molecule has 0 fully saturated rings. The lowest BCUT2D eigenvalue weighted by Crippen LogP contribution is -2.15. The molecule has 0 unspecified atom stereocenters. The molecule has 8 aromatic rings. The zero-order chi connectivity index (χ0) is 60.8. The first-order chi connectivity index (χ1) is 43.3. The molecule has 0 atom stereocenters. The van der Waals surface area contributed by atoms with Crippen molar-refractivity contribution in [1.29, 1.82) is 0 Å². The fourth-order valence-corrected chi connectivity index (χ4v) is 9.41. The summed E-state index contributed by atoms with van der Waals surface area (Å²) in [5, 5.41) is 0. The highest BCUT2D eigenvalue weighted by molar-refractivity contribution is 5.93. The summed E-state index contributed by atoms with van der Waals surface area (Å²) in [6.07, 6.45) is 15.5. The molecule has 88 heavy (non-hydrogen) atoms. The Bertz CT molecular complexity index is 3230. The number of ether oxygens (including phenoxy) is 10. The van der Waals surface area contributed by atoms with Gasteiger partial charge in [-0.1, -0.05) is 114 Å². The van der Waals surface area contributed by atoms with Gasteiger partial charge in [0.05, 0.1) is 62.1 Å². The van der Waals surface area contributed by atoms with Gasteiger partial charge in [-0.05, 0) is 168 Å². The number of esters is 2. The van der Waals surface area contributed by atoms with Gasteiger partial charge in [-0.2, -0.15) is 0 Å². The number of carbonyl (C=O) groups is 2. The molecule has 0 aromatic heterocycles. The van der Waals surface area contributed by atoms with E-state index >= 15 is 0 Å². The molecule has 456 valence electrons. The molecule has 9 rings (SSSR count). The van der Waals surface area contributed by atoms with Crippen LogP contribution in [-0.4, -0.2) is 90.4 Å². The maximum atomic E-state index is 13.1. The largest absolute Gasteiger partial charge is 0.494 e. The summed E-state index contributed by atoms with van der Waals surface area (Å²) in [4.78, 5) is 35.6. The Kier molecular flexibility index (Phi) is 25.0. The van der Waals surface area contributed by atoms with E-state index in [2.05, 4.69) is 23.8 Å². The first-order valence-electron chi connectivity index (χ1n) is 30.7. The van der Waals surface area contributed by atoms with Crippen LogP contribution in [0.2, 0.25) is 0 Å². The molecule has 1 aliphatic heterocycles. The normalized spacial score (nSPS) is 13.1. The van der Waals surface area contributed by atoms with E-state index in [9.17, 15) is 9.59 Å². The van der Waals surface area contributed by atoms with Crippen molar-refractivity contribution in [3.8, 4) is 68.2 Å². The van der Waals surface area contributed by atoms with Gasteiger partial charge in [0.15, 0.2) is 23.0 Å². The number of hydrogen-bond acceptors (Lipinski definition) is 14. The first kappa shape index (κ1) is 63.3. The van der Waals surface area contributed by atoms with Gasteiger partial charge in [-0.25, -0.2) is 9.59 Å². The quantitative estimate of drug-likeness (QED) is 0.0245. The summed E-state index contributed by atoms with van der Waals surface area (Å²) in [6.45, 7) is 8.13. The fourth-order valence-electron chi connectivity index (χ4n) is 9.41. The van der Waals surface area contributed by atoms with Crippen molar-refractivity contribution in [1.82, 2.24) is 0 Å². The maximum absolute atomic E-state index is 13.1. The minimum atomic E-state index is -0.447. The lowest BCUT2D eigenvalue weighted by Gasteiger charge is -2.16. The molecule has 0 radical (unpaired) electrons. The second-order valence-electron chi connectivity index (χ2n) is 21.0. The smallest absolute Gasteiger partial charge is 0.343 e. The number of unbranched alkanes of at least 4 members (excludes halogenated alkanes) is 8. The van der Waals surface area contributed by atoms with Crippen molar-refractivity contribution in [2.75, 3.05) is 66.1 Å². The molecule has 0 saturated heterocycles. The average Bonchev–Trinajstić information content (AvgIpc) is 3.70. The first-order valence-corrected chi connectivity index (χ1v) is 30.7. The number of benzene rings is 8. The van der Waals surface area contributed by atoms with Crippen molar-refractivity contribution >= 4 is 35.7 Å². The number of fused-ring (bicyclic) bond motifs is 2. The Hall–Kier alpha value is -9.24. The molecular formula is C74H78N2O12. The van der Waals surface area contributed by atoms with E-state index in [4.69, 9.17) is 47.4 Å². The molecule has 1 heterocycles. The summed E-state index contributed by atoms with van der Waals surface area (Å²) in [5.41, 5.74) is 7.87. The van der Waals surface area contributed by atoms with Gasteiger partial charge in [-0.15, -0.1) is 0 Å². The lowest BCUT2D eigenvalue weighted by molar-refractivity contribution is 0.0640. The van der Waals surface area contributed by atoms with Crippen LogP contribution in [0.4, 0.5) is 11.4 Å². The third-order valence-electron chi connectivity index (χ3n) is 14.4. The topological polar surface area (TPSA) is 151 Å². The zero-order valence-electron chi connectivity index (χ0n) is 50.4. The standard InChI is InChI=1S/C74H78N2O12/c1-3-5-7-9-11-41-81-65-35-25-59(26-36-65)57-17-21-61(22-18-57)73(77)87-67-31-13-55(14-32-67)53-75-63-29-39-69-71(51-63)85-49-45-80-46-50-86-72-52-64(30-40-70(72)84-48-44-79-43-47-83-69)76-54-56-15-33-68(34-16-56)88-74(78)62-23-19-58(20-24-62)60-27-37-66(38-28-60)82-42-12-10-8-6-4-2/h13-40,51-54H,3-12,41-50H2,1-2H3. The lowest BCUT2D eigenvalue weighted by atomic mass is 10.0. The van der Waals surface area contributed by atoms with E-state index in [0.29, 0.717) is 70.2 Å². The predicted octanol–water partition coefficient (Wildman–Crippen LogP) is 16.9. The number of carbonyl (C=O) groups excluding carboxylic acids is 2. The molecule has 0 saturated carbocycles. The molecular weight excluding hydrogens is 1110 g/mol. The summed E-state index contributed by atoms with van der Waals surface area (Å²) in [6, 6.07) is 56.1. The van der Waals surface area contributed by atoms with Crippen molar-refractivity contribution < 1.29 is 57.0 Å². The second kappa shape index (κ2) is 34.8. The van der Waals surface area contributed by atoms with E-state index in [1.54, 1.807) is 61.0 Å². The Labute approximate surface area is 517 Å². The SMILES string of the molecule is CCCCCCCOc1ccc(-c2ccc(C(=O)Oc3ccc(C=Nc4ccc5c(c4)OCCOCCOc4cc(N=Cc6ccc(OC(=O)c7ccc(-c8ccc(OCCCCCCC)cc8)cc7)cc6)ccc4OCCOCCO5)cc3)cc2)cc1. The van der Waals surface area contributed by atoms with Crippen molar-refractivity contribution in [3.05, 3.63) is 204 Å². The Balaban J connectivity index is 0.706. The third kappa shape index (κ3) is 20.5. The Morgan fingerprint density at radius 3 is 1.06 bits per heavy atom. The van der Waals surface area contributed by atoms with Crippen LogP contribution in [0.25, 0.3) is 22.3 Å². The van der Waals surface area contributed by atoms with Crippen molar-refractivity contribution in [2.24, 2.45) is 9.98 Å². The average molecular weight is 1190 g/mol. The number of hydrogen-bond donors (Lipinski definition) is 0. The minimum Gasteiger partial charge on any atom is -0.494 e. The van der Waals surface area contributed by atoms with Gasteiger partial charge in [-0.3, -0.25) is 9.98 Å². The van der Waals surface area contributed by atoms with Crippen LogP contribution >= 0.6 is 0 Å². The molecule has 8 aromatic carbocycles. The van der Waals surface area contributed by atoms with Crippen LogP contribution in [0.5, 0.6) is 46.0 Å². The van der Waals surface area contributed by atoms with Gasteiger partial charge in [0.2, 0.25) is 0 Å². The highest BCUT2D eigenvalue weighted by atomic mass is 16.6. The minimum absolute atomic E-state index is 0.245. The molecule has 14 nitrogen and oxygen atoms in total. The summed E-state index contributed by atoms with van der Waals surface area (Å²) in [5.74, 6) is 3.76. The predicted molar refractivity (Wildman–Crippen MR) is 346 cm³/mol. The third-order valence-corrected chi connectivity index (χ3v) is 14.4. The van der Waals surface area contributed by atoms with Gasteiger partial charge in [0, 0.05) is 24.6 Å². The summed E-state index contributed by atoms with van der Waals surface area (Å²) in [7, 11) is 0. The van der Waals surface area contributed by atoms with Gasteiger partial charge in [0.1, 0.15) is 49.4 Å². The highest BCUT2D eigenvalue weighted by Crippen LogP contribution is 2.34. The number of rotatable bonds is 24. The molecule has 1 aliphatic rings. The number of nitrogens with zero attached hydrogens (tertiary/aromatic N) is 2. The van der Waals surface area contributed by atoms with Gasteiger partial charge in [0.25, 0.3) is 0 Å². The van der Waals surface area contributed by atoms with Crippen LogP contribution < -0.4 is 37.9 Å². The van der Waals surface area contributed by atoms with Crippen LogP contribution in [0, 0.1) is 0 Å².